The van der Waals surface area contributed by atoms with Crippen LogP contribution in [0.15, 0.2) is 16.5 Å². The lowest BCUT2D eigenvalue weighted by Crippen LogP contribution is -2.18. The van der Waals surface area contributed by atoms with Crippen LogP contribution in [0.5, 0.6) is 0 Å². The zero-order chi connectivity index (χ0) is 17.5. The maximum absolute atomic E-state index is 12.0. The lowest BCUT2D eigenvalue weighted by Gasteiger charge is -2.18. The minimum atomic E-state index is -0.582. The van der Waals surface area contributed by atoms with Gasteiger partial charge in [-0.25, -0.2) is 4.98 Å². The van der Waals surface area contributed by atoms with Crippen molar-refractivity contribution in [1.29, 1.82) is 0 Å². The summed E-state index contributed by atoms with van der Waals surface area (Å²) in [6.45, 7) is 6.27. The lowest BCUT2D eigenvalue weighted by molar-refractivity contribution is -0.104. The van der Waals surface area contributed by atoms with Crippen LogP contribution in [0.4, 0.5) is 5.69 Å². The van der Waals surface area contributed by atoms with E-state index in [1.54, 1.807) is 6.07 Å². The molecule has 1 N–H and O–H groups in total. The van der Waals surface area contributed by atoms with Gasteiger partial charge in [-0.1, -0.05) is 40.0 Å². The Labute approximate surface area is 142 Å². The Kier molecular flexibility index (Phi) is 6.53. The highest BCUT2D eigenvalue weighted by Gasteiger charge is 2.17. The number of rotatable bonds is 10. The average molecular weight is 330 g/mol. The van der Waals surface area contributed by atoms with Crippen LogP contribution in [0.1, 0.15) is 69.1 Å². The van der Waals surface area contributed by atoms with Crippen LogP contribution < -0.4 is 5.32 Å². The van der Waals surface area contributed by atoms with Gasteiger partial charge in [0.1, 0.15) is 5.52 Å². The normalized spacial score (nSPS) is 12.3. The number of aryl methyl sites for hydroxylation is 1. The highest BCUT2D eigenvalue weighted by Crippen LogP contribution is 2.26. The third-order valence-electron chi connectivity index (χ3n) is 4.23. The molecule has 0 aliphatic heterocycles. The summed E-state index contributed by atoms with van der Waals surface area (Å²) in [5.41, 5.74) is 2.10. The molecule has 1 aromatic carbocycles. The van der Waals surface area contributed by atoms with Gasteiger partial charge in [0.25, 0.3) is 0 Å². The van der Waals surface area contributed by atoms with E-state index in [0.29, 0.717) is 35.7 Å². The molecule has 5 heteroatoms. The Bertz CT molecular complexity index is 706. The number of nitrogens with one attached hydrogen (secondary N) is 1. The first-order chi connectivity index (χ1) is 11.6. The highest BCUT2D eigenvalue weighted by molar-refractivity contribution is 6.36. The van der Waals surface area contributed by atoms with E-state index in [1.165, 1.54) is 19.3 Å². The number of anilines is 1. The smallest absolute Gasteiger partial charge is 0.229 e. The summed E-state index contributed by atoms with van der Waals surface area (Å²) in [7, 11) is 0. The fourth-order valence-corrected chi connectivity index (χ4v) is 2.81. The second kappa shape index (κ2) is 8.62. The fourth-order valence-electron chi connectivity index (χ4n) is 2.81. The van der Waals surface area contributed by atoms with Gasteiger partial charge in [0.2, 0.25) is 5.78 Å². The summed E-state index contributed by atoms with van der Waals surface area (Å²) >= 11 is 0. The summed E-state index contributed by atoms with van der Waals surface area (Å²) in [6, 6.07) is 3.93. The predicted molar refractivity (Wildman–Crippen MR) is 95.6 cm³/mol. The molecule has 0 saturated heterocycles. The molecule has 1 unspecified atom stereocenters. The predicted octanol–water partition coefficient (Wildman–Crippen LogP) is 4.54. The number of aromatic nitrogens is 1. The first-order valence-corrected chi connectivity index (χ1v) is 8.82. The molecule has 24 heavy (non-hydrogen) atoms. The largest absolute Gasteiger partial charge is 0.440 e. The molecule has 0 saturated carbocycles. The van der Waals surface area contributed by atoms with Gasteiger partial charge in [-0.3, -0.25) is 9.59 Å². The van der Waals surface area contributed by atoms with Crippen molar-refractivity contribution in [2.24, 2.45) is 0 Å². The molecule has 0 amide bonds. The van der Waals surface area contributed by atoms with Crippen LogP contribution in [0.3, 0.4) is 0 Å². The summed E-state index contributed by atoms with van der Waals surface area (Å²) in [6.07, 6.45) is 6.63. The Balaban J connectivity index is 2.32. The van der Waals surface area contributed by atoms with Crippen LogP contribution in [-0.4, -0.2) is 23.1 Å². The van der Waals surface area contributed by atoms with Gasteiger partial charge in [-0.05, 0) is 25.0 Å². The summed E-state index contributed by atoms with van der Waals surface area (Å²) in [4.78, 5) is 27.3. The molecule has 1 aromatic heterocycles. The molecule has 0 spiro atoms. The van der Waals surface area contributed by atoms with Gasteiger partial charge >= 0.3 is 0 Å². The van der Waals surface area contributed by atoms with Crippen LogP contribution in [0.25, 0.3) is 11.1 Å². The molecular weight excluding hydrogens is 304 g/mol. The van der Waals surface area contributed by atoms with E-state index in [0.717, 1.165) is 18.5 Å². The van der Waals surface area contributed by atoms with Gasteiger partial charge in [-0.15, -0.1) is 0 Å². The maximum Gasteiger partial charge on any atom is 0.229 e. The molecular formula is C19H26N2O3. The highest BCUT2D eigenvalue weighted by atomic mass is 16.3. The van der Waals surface area contributed by atoms with Crippen molar-refractivity contribution >= 4 is 28.9 Å². The van der Waals surface area contributed by atoms with Crippen molar-refractivity contribution in [1.82, 2.24) is 4.98 Å². The molecule has 5 nitrogen and oxygen atoms in total. The number of hydrogen-bond acceptors (Lipinski definition) is 5. The lowest BCUT2D eigenvalue weighted by atomic mass is 10.0. The number of unbranched alkanes of at least 4 members (excludes halogenated alkanes) is 2. The monoisotopic (exact) mass is 330 g/mol. The van der Waals surface area contributed by atoms with Gasteiger partial charge in [-0.2, -0.15) is 0 Å². The van der Waals surface area contributed by atoms with E-state index in [2.05, 4.69) is 24.1 Å². The second-order valence-electron chi connectivity index (χ2n) is 6.06. The number of oxazole rings is 1. The van der Waals surface area contributed by atoms with E-state index in [1.807, 2.05) is 13.0 Å². The Morgan fingerprint density at radius 1 is 1.29 bits per heavy atom. The summed E-state index contributed by atoms with van der Waals surface area (Å²) in [5, 5.41) is 3.48. The van der Waals surface area contributed by atoms with Crippen molar-refractivity contribution in [3.8, 4) is 0 Å². The number of aldehydes is 1. The van der Waals surface area contributed by atoms with Crippen molar-refractivity contribution in [3.05, 3.63) is 23.6 Å². The molecule has 1 atom stereocenters. The summed E-state index contributed by atoms with van der Waals surface area (Å²) < 4.78 is 5.62. The number of ketones is 1. The Morgan fingerprint density at radius 2 is 2.08 bits per heavy atom. The molecule has 0 aliphatic carbocycles. The topological polar surface area (TPSA) is 72.2 Å². The number of carbonyl (C=O) groups is 2. The van der Waals surface area contributed by atoms with Crippen molar-refractivity contribution in [2.75, 3.05) is 5.32 Å². The van der Waals surface area contributed by atoms with Crippen LogP contribution >= 0.6 is 0 Å². The number of nitrogens with zero attached hydrogens (tertiary/aromatic N) is 1. The van der Waals surface area contributed by atoms with Crippen molar-refractivity contribution in [2.45, 2.75) is 65.3 Å². The van der Waals surface area contributed by atoms with Gasteiger partial charge < -0.3 is 9.73 Å². The van der Waals surface area contributed by atoms with E-state index in [-0.39, 0.29) is 5.56 Å². The first-order valence-electron chi connectivity index (χ1n) is 8.82. The molecule has 0 aliphatic rings. The first kappa shape index (κ1) is 18.2. The third kappa shape index (κ3) is 4.22. The molecule has 0 fully saturated rings. The van der Waals surface area contributed by atoms with Gasteiger partial charge in [0, 0.05) is 18.2 Å². The van der Waals surface area contributed by atoms with E-state index in [9.17, 15) is 9.59 Å². The average Bonchev–Trinajstić information content (AvgIpc) is 3.02. The van der Waals surface area contributed by atoms with Crippen LogP contribution in [-0.2, 0) is 11.2 Å². The quantitative estimate of drug-likeness (QED) is 0.299. The standard InChI is InChI=1S/C19H26N2O3/c1-4-7-8-9-13(5-2)20-14-10-15(17(23)12-22)19-16(11-14)21-18(6-3)24-19/h10-13,20H,4-9H2,1-3H3. The number of Topliss-reactive ketones (excluding diaryl/α,β-unsaturated/α-hetero) is 1. The Morgan fingerprint density at radius 3 is 2.71 bits per heavy atom. The van der Waals surface area contributed by atoms with E-state index < -0.39 is 5.78 Å². The molecule has 2 rings (SSSR count). The molecule has 0 bridgehead atoms. The zero-order valence-electron chi connectivity index (χ0n) is 14.7. The molecule has 1 heterocycles. The number of carbonyl (C=O) groups excluding carboxylic acids is 2. The molecule has 130 valence electrons. The number of benzene rings is 1. The number of fused-ring (bicyclic) bond motifs is 1. The Hall–Kier alpha value is -2.17. The van der Waals surface area contributed by atoms with Crippen LogP contribution in [0.2, 0.25) is 0 Å². The molecule has 0 radical (unpaired) electrons. The van der Waals surface area contributed by atoms with E-state index >= 15 is 0 Å². The molecule has 2 aromatic rings. The minimum absolute atomic E-state index is 0.278. The summed E-state index contributed by atoms with van der Waals surface area (Å²) in [5.74, 6) is -0.0152. The van der Waals surface area contributed by atoms with E-state index in [4.69, 9.17) is 4.42 Å². The third-order valence-corrected chi connectivity index (χ3v) is 4.23. The van der Waals surface area contributed by atoms with Crippen molar-refractivity contribution in [3.63, 3.8) is 0 Å². The number of hydrogen-bond donors (Lipinski definition) is 1. The SMILES string of the molecule is CCCCCC(CC)Nc1cc(C(=O)C=O)c2oc(CC)nc2c1. The minimum Gasteiger partial charge on any atom is -0.440 e. The van der Waals surface area contributed by atoms with Gasteiger partial charge in [0.05, 0.1) is 5.56 Å². The maximum atomic E-state index is 12.0. The van der Waals surface area contributed by atoms with Gasteiger partial charge in [0.15, 0.2) is 17.8 Å². The zero-order valence-corrected chi connectivity index (χ0v) is 14.7. The fraction of sp³-hybridized carbons (Fsp3) is 0.526. The van der Waals surface area contributed by atoms with Crippen LogP contribution in [0, 0.1) is 0 Å². The van der Waals surface area contributed by atoms with Crippen molar-refractivity contribution < 1.29 is 14.0 Å². The second-order valence-corrected chi connectivity index (χ2v) is 6.06.